The maximum atomic E-state index is 5.68. The van der Waals surface area contributed by atoms with Crippen LogP contribution in [0.2, 0.25) is 0 Å². The zero-order valence-electron chi connectivity index (χ0n) is 17.6. The molecule has 0 saturated carbocycles. The highest BCUT2D eigenvalue weighted by molar-refractivity contribution is 7.10. The van der Waals surface area contributed by atoms with Gasteiger partial charge in [0.05, 0.1) is 19.8 Å². The van der Waals surface area contributed by atoms with E-state index in [-0.39, 0.29) is 0 Å². The quantitative estimate of drug-likeness (QED) is 0.483. The van der Waals surface area contributed by atoms with Crippen LogP contribution in [0.15, 0.2) is 40.7 Å². The van der Waals surface area contributed by atoms with Crippen LogP contribution in [-0.4, -0.2) is 51.3 Å². The third kappa shape index (κ3) is 5.87. The molecule has 3 rings (SSSR count). The van der Waals surface area contributed by atoms with Crippen molar-refractivity contribution in [2.45, 2.75) is 32.4 Å². The van der Waals surface area contributed by atoms with Crippen LogP contribution in [0.5, 0.6) is 11.5 Å². The van der Waals surface area contributed by atoms with Crippen LogP contribution in [-0.2, 0) is 6.54 Å². The molecule has 0 bridgehead atoms. The summed E-state index contributed by atoms with van der Waals surface area (Å²) in [5.41, 5.74) is 1.12. The number of hydrogen-bond acceptors (Lipinski definition) is 5. The first kappa shape index (κ1) is 21.5. The highest BCUT2D eigenvalue weighted by Gasteiger charge is 2.24. The lowest BCUT2D eigenvalue weighted by Crippen LogP contribution is -2.42. The molecule has 6 nitrogen and oxygen atoms in total. The Labute approximate surface area is 177 Å². The van der Waals surface area contributed by atoms with Gasteiger partial charge in [0.2, 0.25) is 0 Å². The van der Waals surface area contributed by atoms with Crippen molar-refractivity contribution in [1.29, 1.82) is 0 Å². The van der Waals surface area contributed by atoms with E-state index in [9.17, 15) is 0 Å². The van der Waals surface area contributed by atoms with Gasteiger partial charge in [0.25, 0.3) is 0 Å². The molecule has 29 heavy (non-hydrogen) atoms. The normalized spacial score (nSPS) is 15.9. The van der Waals surface area contributed by atoms with E-state index in [0.717, 1.165) is 29.6 Å². The molecule has 1 aliphatic rings. The molecular formula is C22H32N4O2S. The van der Waals surface area contributed by atoms with E-state index < -0.39 is 0 Å². The highest BCUT2D eigenvalue weighted by atomic mass is 32.1. The van der Waals surface area contributed by atoms with Crippen molar-refractivity contribution in [3.05, 3.63) is 46.2 Å². The number of hydrogen-bond donors (Lipinski definition) is 2. The molecular weight excluding hydrogens is 384 g/mol. The van der Waals surface area contributed by atoms with Gasteiger partial charge in [-0.15, -0.1) is 11.3 Å². The van der Waals surface area contributed by atoms with Crippen LogP contribution in [0, 0.1) is 0 Å². The van der Waals surface area contributed by atoms with Crippen LogP contribution in [0.25, 0.3) is 0 Å². The van der Waals surface area contributed by atoms with Crippen molar-refractivity contribution < 1.29 is 9.47 Å². The molecule has 2 heterocycles. The SMILES string of the molecule is CCOc1cc(CNC(=NC)NCC(c2cccs2)N2CCCC2)ccc1OC. The Morgan fingerprint density at radius 1 is 1.21 bits per heavy atom. The molecule has 0 aliphatic carbocycles. The lowest BCUT2D eigenvalue weighted by Gasteiger charge is -2.27. The Kier molecular flexibility index (Phi) is 8.19. The smallest absolute Gasteiger partial charge is 0.191 e. The predicted molar refractivity (Wildman–Crippen MR) is 120 cm³/mol. The molecule has 2 aromatic rings. The molecule has 158 valence electrons. The number of methoxy groups -OCH3 is 1. The third-order valence-corrected chi connectivity index (χ3v) is 6.10. The molecule has 1 atom stereocenters. The zero-order valence-corrected chi connectivity index (χ0v) is 18.4. The lowest BCUT2D eigenvalue weighted by molar-refractivity contribution is 0.249. The number of likely N-dealkylation sites (tertiary alicyclic amines) is 1. The first-order chi connectivity index (χ1) is 14.2. The summed E-state index contributed by atoms with van der Waals surface area (Å²) in [4.78, 5) is 8.38. The minimum Gasteiger partial charge on any atom is -0.493 e. The van der Waals surface area contributed by atoms with Crippen molar-refractivity contribution in [2.24, 2.45) is 4.99 Å². The van der Waals surface area contributed by atoms with Gasteiger partial charge in [-0.1, -0.05) is 12.1 Å². The van der Waals surface area contributed by atoms with Crippen molar-refractivity contribution in [3.8, 4) is 11.5 Å². The number of nitrogens with zero attached hydrogens (tertiary/aromatic N) is 2. The van der Waals surface area contributed by atoms with Gasteiger partial charge >= 0.3 is 0 Å². The maximum Gasteiger partial charge on any atom is 0.191 e. The summed E-state index contributed by atoms with van der Waals surface area (Å²) in [6.07, 6.45) is 2.57. The monoisotopic (exact) mass is 416 g/mol. The number of guanidine groups is 1. The summed E-state index contributed by atoms with van der Waals surface area (Å²) in [7, 11) is 3.47. The molecule has 1 unspecified atom stereocenters. The summed E-state index contributed by atoms with van der Waals surface area (Å²) in [6.45, 7) is 6.42. The first-order valence-corrected chi connectivity index (χ1v) is 11.1. The van der Waals surface area contributed by atoms with Crippen LogP contribution in [0.4, 0.5) is 0 Å². The van der Waals surface area contributed by atoms with E-state index in [1.54, 1.807) is 7.11 Å². The van der Waals surface area contributed by atoms with Gasteiger partial charge in [0, 0.05) is 25.0 Å². The minimum atomic E-state index is 0.390. The van der Waals surface area contributed by atoms with Gasteiger partial charge in [-0.3, -0.25) is 9.89 Å². The van der Waals surface area contributed by atoms with Gasteiger partial charge in [-0.25, -0.2) is 0 Å². The number of ether oxygens (including phenoxy) is 2. The van der Waals surface area contributed by atoms with Gasteiger partial charge in [-0.2, -0.15) is 0 Å². The Bertz CT molecular complexity index is 773. The van der Waals surface area contributed by atoms with E-state index in [4.69, 9.17) is 9.47 Å². The summed E-state index contributed by atoms with van der Waals surface area (Å²) < 4.78 is 11.0. The summed E-state index contributed by atoms with van der Waals surface area (Å²) >= 11 is 1.83. The fourth-order valence-corrected chi connectivity index (χ4v) is 4.50. The van der Waals surface area contributed by atoms with E-state index in [1.165, 1.54) is 30.8 Å². The fourth-order valence-electron chi connectivity index (χ4n) is 3.64. The standard InChI is InChI=1S/C22H32N4O2S/c1-4-28-20-14-17(9-10-19(20)27-3)15-24-22(23-2)25-16-18(21-8-7-13-29-21)26-11-5-6-12-26/h7-10,13-14,18H,4-6,11-12,15-16H2,1-3H3,(H2,23,24,25). The average molecular weight is 417 g/mol. The van der Waals surface area contributed by atoms with Crippen molar-refractivity contribution in [2.75, 3.05) is 40.4 Å². The second-order valence-electron chi connectivity index (χ2n) is 7.00. The average Bonchev–Trinajstić information content (AvgIpc) is 3.46. The van der Waals surface area contributed by atoms with Crippen LogP contribution >= 0.6 is 11.3 Å². The Hall–Kier alpha value is -2.25. The van der Waals surface area contributed by atoms with Crippen LogP contribution < -0.4 is 20.1 Å². The number of nitrogens with one attached hydrogen (secondary N) is 2. The number of rotatable bonds is 9. The van der Waals surface area contributed by atoms with Gasteiger partial charge < -0.3 is 20.1 Å². The van der Waals surface area contributed by atoms with E-state index in [2.05, 4.69) is 38.0 Å². The molecule has 0 amide bonds. The largest absolute Gasteiger partial charge is 0.493 e. The van der Waals surface area contributed by atoms with E-state index >= 15 is 0 Å². The molecule has 1 fully saturated rings. The summed E-state index contributed by atoms with van der Waals surface area (Å²) in [5, 5.41) is 9.08. The molecule has 1 aromatic heterocycles. The van der Waals surface area contributed by atoms with Crippen molar-refractivity contribution in [3.63, 3.8) is 0 Å². The Balaban J connectivity index is 1.58. The Morgan fingerprint density at radius 2 is 2.03 bits per heavy atom. The highest BCUT2D eigenvalue weighted by Crippen LogP contribution is 2.29. The molecule has 1 aliphatic heterocycles. The minimum absolute atomic E-state index is 0.390. The number of thiophene rings is 1. The molecule has 2 N–H and O–H groups in total. The van der Waals surface area contributed by atoms with Crippen LogP contribution in [0.1, 0.15) is 36.2 Å². The first-order valence-electron chi connectivity index (χ1n) is 10.3. The van der Waals surface area contributed by atoms with Crippen LogP contribution in [0.3, 0.4) is 0 Å². The van der Waals surface area contributed by atoms with E-state index in [1.807, 2.05) is 43.5 Å². The topological polar surface area (TPSA) is 58.1 Å². The third-order valence-electron chi connectivity index (χ3n) is 5.13. The van der Waals surface area contributed by atoms with E-state index in [0.29, 0.717) is 19.2 Å². The second kappa shape index (κ2) is 11.1. The molecule has 1 aromatic carbocycles. The van der Waals surface area contributed by atoms with Crippen molar-refractivity contribution >= 4 is 17.3 Å². The molecule has 7 heteroatoms. The summed E-state index contributed by atoms with van der Waals surface area (Å²) in [6, 6.07) is 10.8. The van der Waals surface area contributed by atoms with Gasteiger partial charge in [-0.05, 0) is 62.0 Å². The molecule has 1 saturated heterocycles. The summed E-state index contributed by atoms with van der Waals surface area (Å²) in [5.74, 6) is 2.33. The number of benzene rings is 1. The number of aliphatic imine (C=N–C) groups is 1. The lowest BCUT2D eigenvalue weighted by atomic mass is 10.2. The Morgan fingerprint density at radius 3 is 2.69 bits per heavy atom. The van der Waals surface area contributed by atoms with Crippen molar-refractivity contribution in [1.82, 2.24) is 15.5 Å². The van der Waals surface area contributed by atoms with Gasteiger partial charge in [0.15, 0.2) is 17.5 Å². The molecule has 0 radical (unpaired) electrons. The fraction of sp³-hybridized carbons (Fsp3) is 0.500. The molecule has 0 spiro atoms. The maximum absolute atomic E-state index is 5.68. The zero-order chi connectivity index (χ0) is 20.5. The second-order valence-corrected chi connectivity index (χ2v) is 7.98. The van der Waals surface area contributed by atoms with Gasteiger partial charge in [0.1, 0.15) is 0 Å². The predicted octanol–water partition coefficient (Wildman–Crippen LogP) is 3.66.